The summed E-state index contributed by atoms with van der Waals surface area (Å²) in [5.74, 6) is 0. The Morgan fingerprint density at radius 2 is 1.72 bits per heavy atom. The van der Waals surface area contributed by atoms with E-state index in [1.54, 1.807) is 0 Å². The standard InChI is InChI=1S/C10H7.C6H13O.Mg/c1-2-6-10-8-4-3-7-9(10)5-1;1-2-3-4-5-6-7;/h1-7H;2-6H2,1H3;/q2*-1;+2. The summed E-state index contributed by atoms with van der Waals surface area (Å²) < 4.78 is 0. The van der Waals surface area contributed by atoms with Gasteiger partial charge in [-0.3, -0.25) is 0 Å². The Balaban J connectivity index is 0.000000326. The molecule has 18 heavy (non-hydrogen) atoms. The number of hydrogen-bond donors (Lipinski definition) is 0. The average molecular weight is 253 g/mol. The van der Waals surface area contributed by atoms with E-state index in [1.807, 2.05) is 24.3 Å². The summed E-state index contributed by atoms with van der Waals surface area (Å²) in [6.45, 7) is 2.25. The van der Waals surface area contributed by atoms with Gasteiger partial charge in [0.15, 0.2) is 0 Å². The SMILES string of the molecule is CCCCCC[O-].[Mg+2].[c-]1cccc2ccccc12. The second kappa shape index (κ2) is 11.5. The van der Waals surface area contributed by atoms with Crippen molar-refractivity contribution < 1.29 is 5.11 Å². The van der Waals surface area contributed by atoms with Crippen LogP contribution in [0.15, 0.2) is 42.5 Å². The zero-order chi connectivity index (χ0) is 12.3. The number of benzene rings is 2. The van der Waals surface area contributed by atoms with Gasteiger partial charge in [0.05, 0.1) is 0 Å². The van der Waals surface area contributed by atoms with Crippen LogP contribution in [-0.2, 0) is 0 Å². The molecule has 2 aromatic carbocycles. The quantitative estimate of drug-likeness (QED) is 0.466. The van der Waals surface area contributed by atoms with Crippen molar-refractivity contribution in [2.75, 3.05) is 6.61 Å². The monoisotopic (exact) mass is 252 g/mol. The fourth-order valence-corrected chi connectivity index (χ4v) is 1.59. The largest absolute Gasteiger partial charge is 2.00 e. The van der Waals surface area contributed by atoms with Crippen molar-refractivity contribution in [1.29, 1.82) is 0 Å². The Hall–Kier alpha value is -0.574. The molecule has 0 fully saturated rings. The van der Waals surface area contributed by atoms with E-state index >= 15 is 0 Å². The van der Waals surface area contributed by atoms with Crippen molar-refractivity contribution >= 4 is 33.8 Å². The van der Waals surface area contributed by atoms with E-state index in [0.29, 0.717) is 0 Å². The van der Waals surface area contributed by atoms with Crippen LogP contribution in [0.4, 0.5) is 0 Å². The molecule has 0 radical (unpaired) electrons. The summed E-state index contributed by atoms with van der Waals surface area (Å²) >= 11 is 0. The molecule has 0 saturated carbocycles. The van der Waals surface area contributed by atoms with Gasteiger partial charge in [0.1, 0.15) is 0 Å². The summed E-state index contributed by atoms with van der Waals surface area (Å²) in [6, 6.07) is 17.4. The first-order chi connectivity index (χ1) is 8.38. The molecule has 2 heteroatoms. The first-order valence-electron chi connectivity index (χ1n) is 6.32. The third-order valence-electron chi connectivity index (χ3n) is 2.57. The maximum Gasteiger partial charge on any atom is 2.00 e. The number of hydrogen-bond acceptors (Lipinski definition) is 1. The van der Waals surface area contributed by atoms with Crippen LogP contribution in [0, 0.1) is 6.07 Å². The Morgan fingerprint density at radius 1 is 1.00 bits per heavy atom. The van der Waals surface area contributed by atoms with Crippen LogP contribution in [0.25, 0.3) is 10.8 Å². The molecule has 0 aliphatic heterocycles. The molecular weight excluding hydrogens is 232 g/mol. The van der Waals surface area contributed by atoms with Gasteiger partial charge in [-0.15, -0.1) is 53.8 Å². The first-order valence-corrected chi connectivity index (χ1v) is 6.32. The minimum atomic E-state index is 0. The molecular formula is C16H20MgO. The van der Waals surface area contributed by atoms with Gasteiger partial charge in [-0.05, 0) is 0 Å². The van der Waals surface area contributed by atoms with E-state index in [9.17, 15) is 5.11 Å². The zero-order valence-electron chi connectivity index (χ0n) is 11.2. The van der Waals surface area contributed by atoms with Gasteiger partial charge in [0.25, 0.3) is 0 Å². The number of fused-ring (bicyclic) bond motifs is 1. The minimum Gasteiger partial charge on any atom is -0.854 e. The molecule has 2 aromatic rings. The normalized spacial score (nSPS) is 9.22. The van der Waals surface area contributed by atoms with Crippen molar-refractivity contribution in [3.8, 4) is 0 Å². The zero-order valence-corrected chi connectivity index (χ0v) is 12.6. The second-order valence-corrected chi connectivity index (χ2v) is 4.02. The summed E-state index contributed by atoms with van der Waals surface area (Å²) in [5, 5.41) is 12.2. The van der Waals surface area contributed by atoms with Gasteiger partial charge in [-0.25, -0.2) is 0 Å². The average Bonchev–Trinajstić information content (AvgIpc) is 2.40. The molecule has 0 aromatic heterocycles. The second-order valence-electron chi connectivity index (χ2n) is 4.02. The molecule has 0 saturated heterocycles. The molecule has 0 atom stereocenters. The Labute approximate surface area is 126 Å². The molecule has 2 rings (SSSR count). The smallest absolute Gasteiger partial charge is 0.854 e. The van der Waals surface area contributed by atoms with Crippen LogP contribution in [0.2, 0.25) is 0 Å². The fourth-order valence-electron chi connectivity index (χ4n) is 1.59. The van der Waals surface area contributed by atoms with E-state index in [2.05, 4.69) is 31.2 Å². The van der Waals surface area contributed by atoms with E-state index in [0.717, 1.165) is 12.8 Å². The van der Waals surface area contributed by atoms with Crippen LogP contribution in [0.1, 0.15) is 32.6 Å². The van der Waals surface area contributed by atoms with Crippen LogP contribution < -0.4 is 5.11 Å². The molecule has 0 aliphatic rings. The molecule has 0 N–H and O–H groups in total. The predicted octanol–water partition coefficient (Wildman–Crippen LogP) is 3.19. The van der Waals surface area contributed by atoms with Gasteiger partial charge < -0.3 is 5.11 Å². The Morgan fingerprint density at radius 3 is 2.39 bits per heavy atom. The van der Waals surface area contributed by atoms with Gasteiger partial charge in [0.2, 0.25) is 0 Å². The maximum atomic E-state index is 9.80. The van der Waals surface area contributed by atoms with E-state index in [-0.39, 0.29) is 29.7 Å². The summed E-state index contributed by atoms with van der Waals surface area (Å²) in [6.07, 6.45) is 4.44. The Bertz CT molecular complexity index is 345. The maximum absolute atomic E-state index is 9.80. The summed E-state index contributed by atoms with van der Waals surface area (Å²) in [4.78, 5) is 0. The molecule has 0 unspecified atom stereocenters. The first kappa shape index (κ1) is 17.4. The van der Waals surface area contributed by atoms with E-state index in [1.165, 1.54) is 23.6 Å². The molecule has 1 nitrogen and oxygen atoms in total. The third-order valence-corrected chi connectivity index (χ3v) is 2.57. The van der Waals surface area contributed by atoms with Crippen LogP contribution in [0.3, 0.4) is 0 Å². The minimum absolute atomic E-state index is 0. The Kier molecular flexibility index (Phi) is 11.1. The van der Waals surface area contributed by atoms with Crippen molar-refractivity contribution in [3.05, 3.63) is 48.5 Å². The van der Waals surface area contributed by atoms with E-state index in [4.69, 9.17) is 0 Å². The number of rotatable bonds is 4. The third kappa shape index (κ3) is 6.99. The predicted molar refractivity (Wildman–Crippen MR) is 77.5 cm³/mol. The molecule has 92 valence electrons. The van der Waals surface area contributed by atoms with Crippen LogP contribution in [0.5, 0.6) is 0 Å². The van der Waals surface area contributed by atoms with E-state index < -0.39 is 0 Å². The summed E-state index contributed by atoms with van der Waals surface area (Å²) in [7, 11) is 0. The van der Waals surface area contributed by atoms with Crippen molar-refractivity contribution in [3.63, 3.8) is 0 Å². The molecule has 0 spiro atoms. The summed E-state index contributed by atoms with van der Waals surface area (Å²) in [5.41, 5.74) is 0. The van der Waals surface area contributed by atoms with Crippen LogP contribution in [-0.4, -0.2) is 29.7 Å². The van der Waals surface area contributed by atoms with Gasteiger partial charge in [-0.1, -0.05) is 44.7 Å². The van der Waals surface area contributed by atoms with Crippen molar-refractivity contribution in [1.82, 2.24) is 0 Å². The van der Waals surface area contributed by atoms with Crippen molar-refractivity contribution in [2.45, 2.75) is 32.6 Å². The number of unbranched alkanes of at least 4 members (excludes halogenated alkanes) is 3. The van der Waals surface area contributed by atoms with Gasteiger partial charge in [-0.2, -0.15) is 0 Å². The molecule has 0 heterocycles. The topological polar surface area (TPSA) is 23.1 Å². The molecule has 0 amide bonds. The van der Waals surface area contributed by atoms with Crippen LogP contribution >= 0.6 is 0 Å². The molecule has 0 aliphatic carbocycles. The van der Waals surface area contributed by atoms with Gasteiger partial charge in [0, 0.05) is 0 Å². The van der Waals surface area contributed by atoms with Crippen molar-refractivity contribution in [2.24, 2.45) is 0 Å². The molecule has 0 bridgehead atoms. The fraction of sp³-hybridized carbons (Fsp3) is 0.375. The van der Waals surface area contributed by atoms with Gasteiger partial charge >= 0.3 is 23.1 Å².